The standard InChI is InChI=1S/C15H25FN2O2S/c1-12(2)10-17-11-13-9-14(16)5-6-15(13)18(3)7-8-21(4,19)20/h5-6,9,12,17H,7-8,10-11H2,1-4H3. The van der Waals surface area contributed by atoms with Gasteiger partial charge in [0.2, 0.25) is 0 Å². The summed E-state index contributed by atoms with van der Waals surface area (Å²) < 4.78 is 35.9. The van der Waals surface area contributed by atoms with Gasteiger partial charge >= 0.3 is 0 Å². The Hall–Kier alpha value is -1.14. The molecular formula is C15H25FN2O2S. The summed E-state index contributed by atoms with van der Waals surface area (Å²) in [4.78, 5) is 1.85. The van der Waals surface area contributed by atoms with Crippen LogP contribution in [-0.2, 0) is 16.4 Å². The van der Waals surface area contributed by atoms with E-state index >= 15 is 0 Å². The van der Waals surface area contributed by atoms with Crippen LogP contribution >= 0.6 is 0 Å². The van der Waals surface area contributed by atoms with Crippen LogP contribution in [0.5, 0.6) is 0 Å². The van der Waals surface area contributed by atoms with Gasteiger partial charge in [0, 0.05) is 32.1 Å². The average Bonchev–Trinajstić information content (AvgIpc) is 2.35. The Kier molecular flexibility index (Phi) is 6.61. The van der Waals surface area contributed by atoms with E-state index in [1.807, 2.05) is 11.9 Å². The van der Waals surface area contributed by atoms with Crippen molar-refractivity contribution in [3.8, 4) is 0 Å². The third-order valence-electron chi connectivity index (χ3n) is 3.12. The molecule has 21 heavy (non-hydrogen) atoms. The van der Waals surface area contributed by atoms with Crippen molar-refractivity contribution in [3.63, 3.8) is 0 Å². The van der Waals surface area contributed by atoms with Gasteiger partial charge in [-0.05, 0) is 36.2 Å². The zero-order chi connectivity index (χ0) is 16.0. The van der Waals surface area contributed by atoms with Crippen LogP contribution in [0.3, 0.4) is 0 Å². The molecule has 1 rings (SSSR count). The van der Waals surface area contributed by atoms with Crippen molar-refractivity contribution in [2.75, 3.05) is 37.0 Å². The van der Waals surface area contributed by atoms with Crippen molar-refractivity contribution in [2.24, 2.45) is 5.92 Å². The Morgan fingerprint density at radius 3 is 2.57 bits per heavy atom. The molecule has 0 radical (unpaired) electrons. The van der Waals surface area contributed by atoms with Crippen molar-refractivity contribution in [1.82, 2.24) is 5.32 Å². The van der Waals surface area contributed by atoms with E-state index < -0.39 is 9.84 Å². The molecule has 0 saturated carbocycles. The monoisotopic (exact) mass is 316 g/mol. The van der Waals surface area contributed by atoms with Gasteiger partial charge in [0.05, 0.1) is 5.75 Å². The predicted octanol–water partition coefficient (Wildman–Crippen LogP) is 2.05. The van der Waals surface area contributed by atoms with Crippen molar-refractivity contribution >= 4 is 15.5 Å². The van der Waals surface area contributed by atoms with Gasteiger partial charge in [-0.25, -0.2) is 12.8 Å². The first-order valence-electron chi connectivity index (χ1n) is 7.07. The minimum atomic E-state index is -3.01. The summed E-state index contributed by atoms with van der Waals surface area (Å²) in [6, 6.07) is 4.60. The van der Waals surface area contributed by atoms with Crippen LogP contribution in [0.15, 0.2) is 18.2 Å². The molecule has 0 unspecified atom stereocenters. The predicted molar refractivity (Wildman–Crippen MR) is 85.9 cm³/mol. The summed E-state index contributed by atoms with van der Waals surface area (Å²) in [5.74, 6) is 0.321. The molecule has 0 saturated heterocycles. The highest BCUT2D eigenvalue weighted by Crippen LogP contribution is 2.20. The Balaban J connectivity index is 2.80. The highest BCUT2D eigenvalue weighted by molar-refractivity contribution is 7.90. The number of rotatable bonds is 8. The summed E-state index contributed by atoms with van der Waals surface area (Å²) in [7, 11) is -1.18. The molecule has 1 N–H and O–H groups in total. The molecule has 4 nitrogen and oxygen atoms in total. The van der Waals surface area contributed by atoms with E-state index in [2.05, 4.69) is 19.2 Å². The zero-order valence-electron chi connectivity index (χ0n) is 13.2. The third-order valence-corrected chi connectivity index (χ3v) is 4.04. The van der Waals surface area contributed by atoms with Gasteiger partial charge in [0.15, 0.2) is 0 Å². The molecule has 0 bridgehead atoms. The second kappa shape index (κ2) is 7.75. The van der Waals surface area contributed by atoms with Crippen LogP contribution in [0, 0.1) is 11.7 Å². The van der Waals surface area contributed by atoms with E-state index in [0.29, 0.717) is 19.0 Å². The first-order valence-corrected chi connectivity index (χ1v) is 9.13. The van der Waals surface area contributed by atoms with Gasteiger partial charge in [-0.15, -0.1) is 0 Å². The van der Waals surface area contributed by atoms with E-state index in [-0.39, 0.29) is 11.6 Å². The van der Waals surface area contributed by atoms with Gasteiger partial charge in [-0.3, -0.25) is 0 Å². The molecule has 0 heterocycles. The lowest BCUT2D eigenvalue weighted by atomic mass is 10.1. The lowest BCUT2D eigenvalue weighted by Gasteiger charge is -2.22. The summed E-state index contributed by atoms with van der Waals surface area (Å²) in [5, 5.41) is 3.28. The Morgan fingerprint density at radius 1 is 1.33 bits per heavy atom. The van der Waals surface area contributed by atoms with Crippen LogP contribution in [0.1, 0.15) is 19.4 Å². The molecule has 0 aromatic heterocycles. The van der Waals surface area contributed by atoms with E-state index in [1.165, 1.54) is 18.4 Å². The quantitative estimate of drug-likeness (QED) is 0.797. The Morgan fingerprint density at radius 2 is 2.00 bits per heavy atom. The number of halogens is 1. The highest BCUT2D eigenvalue weighted by atomic mass is 32.2. The molecule has 1 aromatic carbocycles. The van der Waals surface area contributed by atoms with Crippen molar-refractivity contribution in [2.45, 2.75) is 20.4 Å². The number of benzene rings is 1. The summed E-state index contributed by atoms with van der Waals surface area (Å²) in [5.41, 5.74) is 1.70. The number of anilines is 1. The lowest BCUT2D eigenvalue weighted by molar-refractivity contribution is 0.550. The van der Waals surface area contributed by atoms with Gasteiger partial charge in [-0.2, -0.15) is 0 Å². The SMILES string of the molecule is CC(C)CNCc1cc(F)ccc1N(C)CCS(C)(=O)=O. The largest absolute Gasteiger partial charge is 0.373 e. The molecule has 0 aliphatic heterocycles. The van der Waals surface area contributed by atoms with Crippen molar-refractivity contribution in [3.05, 3.63) is 29.6 Å². The Bertz CT molecular complexity index is 559. The highest BCUT2D eigenvalue weighted by Gasteiger charge is 2.11. The van der Waals surface area contributed by atoms with Crippen LogP contribution in [-0.4, -0.2) is 40.6 Å². The second-order valence-electron chi connectivity index (χ2n) is 5.85. The number of nitrogens with one attached hydrogen (secondary N) is 1. The van der Waals surface area contributed by atoms with Gasteiger partial charge in [0.25, 0.3) is 0 Å². The molecule has 0 atom stereocenters. The minimum Gasteiger partial charge on any atom is -0.373 e. The number of hydrogen-bond acceptors (Lipinski definition) is 4. The molecule has 0 spiro atoms. The van der Waals surface area contributed by atoms with E-state index in [9.17, 15) is 12.8 Å². The third kappa shape index (κ3) is 6.91. The topological polar surface area (TPSA) is 49.4 Å². The van der Waals surface area contributed by atoms with Crippen LogP contribution in [0.4, 0.5) is 10.1 Å². The second-order valence-corrected chi connectivity index (χ2v) is 8.11. The smallest absolute Gasteiger partial charge is 0.149 e. The molecule has 0 aliphatic rings. The number of sulfone groups is 1. The zero-order valence-corrected chi connectivity index (χ0v) is 14.0. The normalized spacial score (nSPS) is 11.9. The maximum Gasteiger partial charge on any atom is 0.149 e. The summed E-state index contributed by atoms with van der Waals surface area (Å²) in [6.45, 7) is 6.02. The van der Waals surface area contributed by atoms with Crippen molar-refractivity contribution < 1.29 is 12.8 Å². The first kappa shape index (κ1) is 17.9. The molecule has 0 amide bonds. The van der Waals surface area contributed by atoms with Gasteiger partial charge in [0.1, 0.15) is 15.7 Å². The molecular weight excluding hydrogens is 291 g/mol. The van der Waals surface area contributed by atoms with Gasteiger partial charge in [-0.1, -0.05) is 13.8 Å². The molecule has 120 valence electrons. The van der Waals surface area contributed by atoms with Crippen LogP contribution in [0.2, 0.25) is 0 Å². The minimum absolute atomic E-state index is 0.0831. The number of nitrogens with zero attached hydrogens (tertiary/aromatic N) is 1. The average molecular weight is 316 g/mol. The fraction of sp³-hybridized carbons (Fsp3) is 0.600. The molecule has 6 heteroatoms. The number of hydrogen-bond donors (Lipinski definition) is 1. The van der Waals surface area contributed by atoms with Gasteiger partial charge < -0.3 is 10.2 Å². The fourth-order valence-electron chi connectivity index (χ4n) is 1.99. The van der Waals surface area contributed by atoms with E-state index in [1.54, 1.807) is 6.07 Å². The fourth-order valence-corrected chi connectivity index (χ4v) is 2.59. The van der Waals surface area contributed by atoms with Crippen molar-refractivity contribution in [1.29, 1.82) is 0 Å². The molecule has 0 aliphatic carbocycles. The summed E-state index contributed by atoms with van der Waals surface area (Å²) in [6.07, 6.45) is 1.22. The van der Waals surface area contributed by atoms with Crippen LogP contribution < -0.4 is 10.2 Å². The maximum atomic E-state index is 13.4. The molecule has 0 fully saturated rings. The lowest BCUT2D eigenvalue weighted by Crippen LogP contribution is -2.27. The van der Waals surface area contributed by atoms with E-state index in [4.69, 9.17) is 0 Å². The van der Waals surface area contributed by atoms with E-state index in [0.717, 1.165) is 17.8 Å². The maximum absolute atomic E-state index is 13.4. The first-order chi connectivity index (χ1) is 9.69. The van der Waals surface area contributed by atoms with Crippen LogP contribution in [0.25, 0.3) is 0 Å². The summed E-state index contributed by atoms with van der Waals surface area (Å²) >= 11 is 0. The molecule has 1 aromatic rings. The Labute approximate surface area is 127 Å².